The standard InChI is InChI=1S/C9H17I/c1-7(2)8-4-3-5-9(10)6-8/h7-9H,3-6H2,1-2H3/t8-,9+/m1/s1. The van der Waals surface area contributed by atoms with Gasteiger partial charge in [0.1, 0.15) is 0 Å². The summed E-state index contributed by atoms with van der Waals surface area (Å²) < 4.78 is 0.971. The van der Waals surface area contributed by atoms with E-state index in [2.05, 4.69) is 36.4 Å². The van der Waals surface area contributed by atoms with E-state index in [0.29, 0.717) is 0 Å². The third-order valence-electron chi connectivity index (χ3n) is 2.59. The van der Waals surface area contributed by atoms with Crippen molar-refractivity contribution in [1.29, 1.82) is 0 Å². The molecule has 0 aliphatic heterocycles. The molecule has 0 spiro atoms. The molecule has 1 rings (SSSR count). The van der Waals surface area contributed by atoms with Crippen molar-refractivity contribution in [2.75, 3.05) is 0 Å². The van der Waals surface area contributed by atoms with Gasteiger partial charge in [0.25, 0.3) is 0 Å². The molecule has 1 saturated carbocycles. The fourth-order valence-corrected chi connectivity index (χ4v) is 2.86. The third kappa shape index (κ3) is 2.40. The van der Waals surface area contributed by atoms with Crippen molar-refractivity contribution in [2.24, 2.45) is 11.8 Å². The van der Waals surface area contributed by atoms with Crippen LogP contribution >= 0.6 is 22.6 Å². The van der Waals surface area contributed by atoms with Crippen molar-refractivity contribution in [3.05, 3.63) is 0 Å². The van der Waals surface area contributed by atoms with E-state index in [1.54, 1.807) is 0 Å². The van der Waals surface area contributed by atoms with Gasteiger partial charge in [-0.05, 0) is 24.7 Å². The van der Waals surface area contributed by atoms with Gasteiger partial charge in [0.15, 0.2) is 0 Å². The van der Waals surface area contributed by atoms with Crippen LogP contribution in [0.1, 0.15) is 39.5 Å². The first-order valence-electron chi connectivity index (χ1n) is 4.34. The molecule has 1 aliphatic rings. The highest BCUT2D eigenvalue weighted by molar-refractivity contribution is 14.1. The van der Waals surface area contributed by atoms with E-state index in [9.17, 15) is 0 Å². The quantitative estimate of drug-likeness (QED) is 0.493. The first-order chi connectivity index (χ1) is 4.70. The summed E-state index contributed by atoms with van der Waals surface area (Å²) >= 11 is 2.61. The Kier molecular flexibility index (Phi) is 3.47. The average Bonchev–Trinajstić information content (AvgIpc) is 1.88. The maximum Gasteiger partial charge on any atom is 0.0112 e. The van der Waals surface area contributed by atoms with E-state index in [0.717, 1.165) is 15.8 Å². The van der Waals surface area contributed by atoms with Crippen LogP contribution in [0.2, 0.25) is 0 Å². The van der Waals surface area contributed by atoms with Crippen molar-refractivity contribution >= 4 is 22.6 Å². The van der Waals surface area contributed by atoms with Gasteiger partial charge in [0, 0.05) is 3.92 Å². The molecular weight excluding hydrogens is 235 g/mol. The van der Waals surface area contributed by atoms with E-state index in [1.165, 1.54) is 25.7 Å². The van der Waals surface area contributed by atoms with Gasteiger partial charge in [0.2, 0.25) is 0 Å². The Labute approximate surface area is 77.9 Å². The second-order valence-electron chi connectivity index (χ2n) is 3.77. The van der Waals surface area contributed by atoms with Gasteiger partial charge >= 0.3 is 0 Å². The first-order valence-corrected chi connectivity index (χ1v) is 5.58. The van der Waals surface area contributed by atoms with Gasteiger partial charge in [-0.3, -0.25) is 0 Å². The topological polar surface area (TPSA) is 0 Å². The maximum atomic E-state index is 2.61. The highest BCUT2D eigenvalue weighted by Crippen LogP contribution is 2.33. The molecule has 1 heteroatoms. The molecule has 1 aliphatic carbocycles. The van der Waals surface area contributed by atoms with Crippen molar-refractivity contribution in [2.45, 2.75) is 43.5 Å². The van der Waals surface area contributed by atoms with Crippen molar-refractivity contribution in [3.8, 4) is 0 Å². The lowest BCUT2D eigenvalue weighted by molar-refractivity contribution is 0.289. The van der Waals surface area contributed by atoms with Crippen LogP contribution in [0.4, 0.5) is 0 Å². The molecule has 0 N–H and O–H groups in total. The van der Waals surface area contributed by atoms with Gasteiger partial charge in [-0.1, -0.05) is 49.3 Å². The highest BCUT2D eigenvalue weighted by Gasteiger charge is 2.21. The lowest BCUT2D eigenvalue weighted by Crippen LogP contribution is -2.19. The molecular formula is C9H17I. The summed E-state index contributed by atoms with van der Waals surface area (Å²) in [5.74, 6) is 1.94. The molecule has 0 nitrogen and oxygen atoms in total. The summed E-state index contributed by atoms with van der Waals surface area (Å²) in [6.07, 6.45) is 5.88. The van der Waals surface area contributed by atoms with Crippen molar-refractivity contribution in [3.63, 3.8) is 0 Å². The number of rotatable bonds is 1. The van der Waals surface area contributed by atoms with Gasteiger partial charge in [-0.25, -0.2) is 0 Å². The van der Waals surface area contributed by atoms with Crippen molar-refractivity contribution in [1.82, 2.24) is 0 Å². The molecule has 0 amide bonds. The molecule has 0 radical (unpaired) electrons. The lowest BCUT2D eigenvalue weighted by Gasteiger charge is -2.28. The smallest absolute Gasteiger partial charge is 0.0112 e. The summed E-state index contributed by atoms with van der Waals surface area (Å²) in [5.41, 5.74) is 0. The van der Waals surface area contributed by atoms with E-state index in [-0.39, 0.29) is 0 Å². The predicted octanol–water partition coefficient (Wildman–Crippen LogP) is 3.64. The van der Waals surface area contributed by atoms with Gasteiger partial charge in [0.05, 0.1) is 0 Å². The van der Waals surface area contributed by atoms with Gasteiger partial charge in [-0.2, -0.15) is 0 Å². The minimum atomic E-state index is 0.914. The number of alkyl halides is 1. The van der Waals surface area contributed by atoms with Crippen LogP contribution in [-0.4, -0.2) is 3.92 Å². The second-order valence-corrected chi connectivity index (χ2v) is 5.53. The number of hydrogen-bond acceptors (Lipinski definition) is 0. The molecule has 0 heterocycles. The van der Waals surface area contributed by atoms with Crippen LogP contribution in [0.15, 0.2) is 0 Å². The summed E-state index contributed by atoms with van der Waals surface area (Å²) in [7, 11) is 0. The number of halogens is 1. The molecule has 0 aromatic rings. The average molecular weight is 252 g/mol. The Morgan fingerprint density at radius 2 is 2.00 bits per heavy atom. The van der Waals surface area contributed by atoms with Crippen LogP contribution in [0.5, 0.6) is 0 Å². The van der Waals surface area contributed by atoms with Crippen LogP contribution < -0.4 is 0 Å². The van der Waals surface area contributed by atoms with Gasteiger partial charge in [-0.15, -0.1) is 0 Å². The molecule has 10 heavy (non-hydrogen) atoms. The molecule has 2 atom stereocenters. The van der Waals surface area contributed by atoms with Crippen LogP contribution in [0, 0.1) is 11.8 Å². The maximum absolute atomic E-state index is 2.61. The van der Waals surface area contributed by atoms with Crippen molar-refractivity contribution < 1.29 is 0 Å². The zero-order valence-corrected chi connectivity index (χ0v) is 9.10. The summed E-state index contributed by atoms with van der Waals surface area (Å²) in [6.45, 7) is 4.72. The molecule has 1 fully saturated rings. The lowest BCUT2D eigenvalue weighted by atomic mass is 9.82. The van der Waals surface area contributed by atoms with Crippen LogP contribution in [0.25, 0.3) is 0 Å². The normalized spacial score (nSPS) is 34.8. The van der Waals surface area contributed by atoms with E-state index in [4.69, 9.17) is 0 Å². The first kappa shape index (κ1) is 8.82. The molecule has 0 unspecified atom stereocenters. The second kappa shape index (κ2) is 3.93. The zero-order valence-electron chi connectivity index (χ0n) is 6.94. The summed E-state index contributed by atoms with van der Waals surface area (Å²) in [4.78, 5) is 0. The minimum Gasteiger partial charge on any atom is -0.0826 e. The highest BCUT2D eigenvalue weighted by atomic mass is 127. The largest absolute Gasteiger partial charge is 0.0826 e. The van der Waals surface area contributed by atoms with E-state index >= 15 is 0 Å². The monoisotopic (exact) mass is 252 g/mol. The van der Waals surface area contributed by atoms with Crippen LogP contribution in [-0.2, 0) is 0 Å². The Morgan fingerprint density at radius 3 is 2.40 bits per heavy atom. The third-order valence-corrected chi connectivity index (χ3v) is 3.72. The number of hydrogen-bond donors (Lipinski definition) is 0. The molecule has 60 valence electrons. The van der Waals surface area contributed by atoms with Crippen LogP contribution in [0.3, 0.4) is 0 Å². The summed E-state index contributed by atoms with van der Waals surface area (Å²) in [5, 5.41) is 0. The Bertz CT molecular complexity index is 98.9. The Morgan fingerprint density at radius 1 is 1.30 bits per heavy atom. The zero-order chi connectivity index (χ0) is 7.56. The molecule has 0 saturated heterocycles. The Hall–Kier alpha value is 0.730. The fourth-order valence-electron chi connectivity index (χ4n) is 1.77. The molecule has 0 aromatic heterocycles. The van der Waals surface area contributed by atoms with E-state index in [1.807, 2.05) is 0 Å². The summed E-state index contributed by atoms with van der Waals surface area (Å²) in [6, 6.07) is 0. The predicted molar refractivity (Wildman–Crippen MR) is 54.6 cm³/mol. The van der Waals surface area contributed by atoms with E-state index < -0.39 is 0 Å². The van der Waals surface area contributed by atoms with Gasteiger partial charge < -0.3 is 0 Å². The molecule has 0 aromatic carbocycles. The fraction of sp³-hybridized carbons (Fsp3) is 1.00. The molecule has 0 bridgehead atoms. The SMILES string of the molecule is CC(C)[C@@H]1CCC[C@H](I)C1. The minimum absolute atomic E-state index is 0.914. The Balaban J connectivity index is 2.32.